The maximum absolute atomic E-state index is 12.1. The Morgan fingerprint density at radius 2 is 2.24 bits per heavy atom. The molecule has 0 fully saturated rings. The summed E-state index contributed by atoms with van der Waals surface area (Å²) >= 11 is 1.56. The third kappa shape index (κ3) is 4.00. The Labute approximate surface area is 128 Å². The molecule has 0 saturated heterocycles. The highest BCUT2D eigenvalue weighted by molar-refractivity contribution is 7.18. The summed E-state index contributed by atoms with van der Waals surface area (Å²) in [6.07, 6.45) is 0. The van der Waals surface area contributed by atoms with Crippen LogP contribution in [0.2, 0.25) is 0 Å². The van der Waals surface area contributed by atoms with Crippen molar-refractivity contribution in [2.24, 2.45) is 0 Å². The zero-order valence-electron chi connectivity index (χ0n) is 12.7. The molecule has 0 spiro atoms. The summed E-state index contributed by atoms with van der Waals surface area (Å²) in [5.74, 6) is 0.661. The molecule has 2 aromatic heterocycles. The fraction of sp³-hybridized carbons (Fsp3) is 0.467. The van der Waals surface area contributed by atoms with E-state index in [4.69, 9.17) is 4.74 Å². The number of aromatic amines is 1. The van der Waals surface area contributed by atoms with Gasteiger partial charge in [0.1, 0.15) is 10.7 Å². The fourth-order valence-electron chi connectivity index (χ4n) is 1.98. The van der Waals surface area contributed by atoms with E-state index in [1.54, 1.807) is 11.3 Å². The zero-order valence-corrected chi connectivity index (χ0v) is 13.5. The predicted molar refractivity (Wildman–Crippen MR) is 87.1 cm³/mol. The summed E-state index contributed by atoms with van der Waals surface area (Å²) < 4.78 is 5.39. The van der Waals surface area contributed by atoms with Gasteiger partial charge in [0.05, 0.1) is 25.1 Å². The number of nitrogens with one attached hydrogen (secondary N) is 2. The van der Waals surface area contributed by atoms with Gasteiger partial charge in [-0.05, 0) is 26.3 Å². The highest BCUT2D eigenvalue weighted by atomic mass is 32.1. The van der Waals surface area contributed by atoms with Crippen LogP contribution in [0.3, 0.4) is 0 Å². The Balaban J connectivity index is 1.94. The second kappa shape index (κ2) is 6.98. The van der Waals surface area contributed by atoms with Crippen molar-refractivity contribution in [3.63, 3.8) is 0 Å². The van der Waals surface area contributed by atoms with E-state index < -0.39 is 0 Å². The number of hydrogen-bond acceptors (Lipinski definition) is 5. The largest absolute Gasteiger partial charge is 0.376 e. The molecule has 2 N–H and O–H groups in total. The van der Waals surface area contributed by atoms with Gasteiger partial charge in [-0.25, -0.2) is 4.98 Å². The minimum atomic E-state index is -0.0582. The quantitative estimate of drug-likeness (QED) is 0.608. The van der Waals surface area contributed by atoms with Gasteiger partial charge in [-0.2, -0.15) is 0 Å². The molecule has 0 amide bonds. The van der Waals surface area contributed by atoms with Crippen LogP contribution in [0.1, 0.15) is 23.2 Å². The first-order valence-corrected chi connectivity index (χ1v) is 7.72. The van der Waals surface area contributed by atoms with Gasteiger partial charge < -0.3 is 15.0 Å². The average molecular weight is 307 g/mol. The van der Waals surface area contributed by atoms with Crippen LogP contribution in [0, 0.1) is 13.8 Å². The molecule has 0 saturated carbocycles. The van der Waals surface area contributed by atoms with Gasteiger partial charge in [0, 0.05) is 11.4 Å². The minimum absolute atomic E-state index is 0.0582. The van der Waals surface area contributed by atoms with Crippen molar-refractivity contribution in [3.8, 4) is 0 Å². The summed E-state index contributed by atoms with van der Waals surface area (Å²) in [5.41, 5.74) is 1.98. The molecular formula is C15H21N3O2S. The second-order valence-corrected chi connectivity index (χ2v) is 6.37. The van der Waals surface area contributed by atoms with E-state index in [0.717, 1.165) is 20.8 Å². The highest BCUT2D eigenvalue weighted by Crippen LogP contribution is 2.25. The van der Waals surface area contributed by atoms with Gasteiger partial charge >= 0.3 is 0 Å². The monoisotopic (exact) mass is 307 g/mol. The van der Waals surface area contributed by atoms with Gasteiger partial charge in [0.25, 0.3) is 5.56 Å². The molecule has 0 atom stereocenters. The van der Waals surface area contributed by atoms with Crippen molar-refractivity contribution in [2.45, 2.75) is 27.3 Å². The van der Waals surface area contributed by atoms with Gasteiger partial charge in [-0.1, -0.05) is 12.2 Å². The molecular weight excluding hydrogens is 286 g/mol. The van der Waals surface area contributed by atoms with Crippen molar-refractivity contribution in [3.05, 3.63) is 38.8 Å². The zero-order chi connectivity index (χ0) is 15.4. The lowest BCUT2D eigenvalue weighted by Gasteiger charge is -2.05. The summed E-state index contributed by atoms with van der Waals surface area (Å²) in [6.45, 7) is 12.1. The van der Waals surface area contributed by atoms with Crippen LogP contribution in [-0.2, 0) is 11.3 Å². The predicted octanol–water partition coefficient (Wildman–Crippen LogP) is 2.28. The topological polar surface area (TPSA) is 67.0 Å². The number of H-pyrrole nitrogens is 1. The number of aryl methyl sites for hydroxylation is 2. The minimum Gasteiger partial charge on any atom is -0.376 e. The van der Waals surface area contributed by atoms with Crippen LogP contribution in [-0.4, -0.2) is 29.7 Å². The standard InChI is InChI=1S/C15H21N3O2S/c1-9(2)8-20-6-5-16-7-12-17-14(19)13-10(3)11(4)21-15(13)18-12/h16H,1,5-8H2,2-4H3,(H,17,18,19). The van der Waals surface area contributed by atoms with E-state index in [9.17, 15) is 4.79 Å². The SMILES string of the molecule is C=C(C)COCCNCc1nc2sc(C)c(C)c2c(=O)[nH]1. The number of nitrogens with zero attached hydrogens (tertiary/aromatic N) is 1. The van der Waals surface area contributed by atoms with Gasteiger partial charge in [0.2, 0.25) is 0 Å². The third-order valence-corrected chi connectivity index (χ3v) is 4.25. The number of ether oxygens (including phenoxy) is 1. The van der Waals surface area contributed by atoms with E-state index in [2.05, 4.69) is 21.9 Å². The number of fused-ring (bicyclic) bond motifs is 1. The molecule has 0 aliphatic carbocycles. The van der Waals surface area contributed by atoms with E-state index in [1.165, 1.54) is 0 Å². The molecule has 0 aliphatic heterocycles. The van der Waals surface area contributed by atoms with E-state index in [0.29, 0.717) is 37.5 Å². The van der Waals surface area contributed by atoms with Crippen LogP contribution >= 0.6 is 11.3 Å². The molecule has 0 radical (unpaired) electrons. The Kier molecular flexibility index (Phi) is 5.27. The summed E-state index contributed by atoms with van der Waals surface area (Å²) in [4.78, 5) is 21.4. The summed E-state index contributed by atoms with van der Waals surface area (Å²) in [5, 5.41) is 3.92. The molecule has 2 heterocycles. The molecule has 5 nitrogen and oxygen atoms in total. The van der Waals surface area contributed by atoms with Crippen LogP contribution in [0.15, 0.2) is 16.9 Å². The van der Waals surface area contributed by atoms with Crippen molar-refractivity contribution < 1.29 is 4.74 Å². The van der Waals surface area contributed by atoms with Gasteiger partial charge in [-0.3, -0.25) is 4.79 Å². The molecule has 0 bridgehead atoms. The van der Waals surface area contributed by atoms with E-state index in [-0.39, 0.29) is 5.56 Å². The molecule has 2 rings (SSSR count). The van der Waals surface area contributed by atoms with Crippen LogP contribution < -0.4 is 10.9 Å². The maximum atomic E-state index is 12.1. The van der Waals surface area contributed by atoms with Crippen molar-refractivity contribution in [1.29, 1.82) is 0 Å². The first-order chi connectivity index (χ1) is 9.99. The summed E-state index contributed by atoms with van der Waals surface area (Å²) in [6, 6.07) is 0. The Morgan fingerprint density at radius 3 is 2.95 bits per heavy atom. The van der Waals surface area contributed by atoms with Crippen LogP contribution in [0.4, 0.5) is 0 Å². The number of rotatable bonds is 7. The van der Waals surface area contributed by atoms with Crippen molar-refractivity contribution in [2.75, 3.05) is 19.8 Å². The highest BCUT2D eigenvalue weighted by Gasteiger charge is 2.11. The lowest BCUT2D eigenvalue weighted by Crippen LogP contribution is -2.23. The molecule has 114 valence electrons. The lowest BCUT2D eigenvalue weighted by atomic mass is 10.2. The normalized spacial score (nSPS) is 11.2. The number of thiophene rings is 1. The fourth-order valence-corrected chi connectivity index (χ4v) is 3.03. The number of hydrogen-bond donors (Lipinski definition) is 2. The van der Waals surface area contributed by atoms with E-state index >= 15 is 0 Å². The molecule has 0 aromatic carbocycles. The molecule has 2 aromatic rings. The van der Waals surface area contributed by atoms with Gasteiger partial charge in [0.15, 0.2) is 0 Å². The van der Waals surface area contributed by atoms with Crippen molar-refractivity contribution >= 4 is 21.6 Å². The number of aromatic nitrogens is 2. The van der Waals surface area contributed by atoms with Crippen molar-refractivity contribution in [1.82, 2.24) is 15.3 Å². The first kappa shape index (κ1) is 15.9. The van der Waals surface area contributed by atoms with E-state index in [1.807, 2.05) is 20.8 Å². The smallest absolute Gasteiger partial charge is 0.259 e. The van der Waals surface area contributed by atoms with Crippen LogP contribution in [0.5, 0.6) is 0 Å². The molecule has 0 unspecified atom stereocenters. The lowest BCUT2D eigenvalue weighted by molar-refractivity contribution is 0.157. The van der Waals surface area contributed by atoms with Crippen LogP contribution in [0.25, 0.3) is 10.2 Å². The third-order valence-electron chi connectivity index (χ3n) is 3.15. The summed E-state index contributed by atoms with van der Waals surface area (Å²) in [7, 11) is 0. The second-order valence-electron chi connectivity index (χ2n) is 5.16. The Hall–Kier alpha value is -1.50. The Bertz CT molecular complexity index is 703. The Morgan fingerprint density at radius 1 is 1.48 bits per heavy atom. The molecule has 0 aliphatic rings. The van der Waals surface area contributed by atoms with Gasteiger partial charge in [-0.15, -0.1) is 11.3 Å². The molecule has 21 heavy (non-hydrogen) atoms. The average Bonchev–Trinajstić information content (AvgIpc) is 2.69. The first-order valence-electron chi connectivity index (χ1n) is 6.90. The molecule has 6 heteroatoms. The maximum Gasteiger partial charge on any atom is 0.259 e.